The molecule has 1 aliphatic heterocycles. The minimum atomic E-state index is -1.95. The van der Waals surface area contributed by atoms with Crippen LogP contribution in [0.25, 0.3) is 5.20 Å². The van der Waals surface area contributed by atoms with Crippen LogP contribution in [0.2, 0.25) is 23.2 Å². The minimum Gasteiger partial charge on any atom is -0.0781 e. The van der Waals surface area contributed by atoms with Crippen molar-refractivity contribution in [2.75, 3.05) is 0 Å². The predicted molar refractivity (Wildman–Crippen MR) is 127 cm³/mol. The summed E-state index contributed by atoms with van der Waals surface area (Å²) in [6.07, 6.45) is 0. The van der Waals surface area contributed by atoms with E-state index in [4.69, 9.17) is 0 Å². The maximum atomic E-state index is 2.62. The number of benzene rings is 2. The van der Waals surface area contributed by atoms with Gasteiger partial charge in [-0.3, -0.25) is 0 Å². The second kappa shape index (κ2) is 6.32. The average molecular weight is 393 g/mol. The Hall–Kier alpha value is -1.39. The molecule has 0 saturated carbocycles. The van der Waals surface area contributed by atoms with Crippen molar-refractivity contribution in [2.24, 2.45) is 0 Å². The molecular weight excluding hydrogens is 356 g/mol. The van der Waals surface area contributed by atoms with Crippen LogP contribution in [0.3, 0.4) is 0 Å². The van der Waals surface area contributed by atoms with Gasteiger partial charge in [-0.1, -0.05) is 130 Å². The van der Waals surface area contributed by atoms with Crippen LogP contribution in [0.1, 0.15) is 54.0 Å². The van der Waals surface area contributed by atoms with Gasteiger partial charge in [0.25, 0.3) is 0 Å². The second-order valence-corrected chi connectivity index (χ2v) is 20.5. The largest absolute Gasteiger partial charge is 0.120 e. The molecule has 0 fully saturated rings. The van der Waals surface area contributed by atoms with E-state index in [9.17, 15) is 0 Å². The van der Waals surface area contributed by atoms with Crippen molar-refractivity contribution in [1.29, 1.82) is 0 Å². The van der Waals surface area contributed by atoms with Gasteiger partial charge in [0.15, 0.2) is 0 Å². The van der Waals surface area contributed by atoms with Gasteiger partial charge in [-0.25, -0.2) is 0 Å². The fourth-order valence-corrected chi connectivity index (χ4v) is 16.6. The summed E-state index contributed by atoms with van der Waals surface area (Å²) in [4.78, 5) is 0. The molecule has 3 rings (SSSR count). The van der Waals surface area contributed by atoms with E-state index in [1.807, 2.05) is 0 Å². The number of fused-ring (bicyclic) bond motifs is 1. The van der Waals surface area contributed by atoms with Crippen LogP contribution in [-0.4, -0.2) is 16.1 Å². The van der Waals surface area contributed by atoms with Crippen LogP contribution < -0.4 is 10.4 Å². The zero-order valence-corrected chi connectivity index (χ0v) is 20.7. The molecule has 1 aliphatic rings. The lowest BCUT2D eigenvalue weighted by molar-refractivity contribution is 0.725. The van der Waals surface area contributed by atoms with Crippen LogP contribution >= 0.6 is 0 Å². The Bertz CT molecular complexity index is 881. The zero-order chi connectivity index (χ0) is 20.3. The molecule has 0 amide bonds. The van der Waals surface area contributed by atoms with Gasteiger partial charge in [-0.15, -0.1) is 0 Å². The highest BCUT2D eigenvalue weighted by atomic mass is 28.3. The lowest BCUT2D eigenvalue weighted by Gasteiger charge is -2.55. The summed E-state index contributed by atoms with van der Waals surface area (Å²) in [7, 11) is -3.81. The van der Waals surface area contributed by atoms with Crippen molar-refractivity contribution in [3.63, 3.8) is 0 Å². The quantitative estimate of drug-likeness (QED) is 0.491. The van der Waals surface area contributed by atoms with Crippen molar-refractivity contribution in [3.05, 3.63) is 65.4 Å². The SMILES string of the molecule is CC1=C(c2ccccc2)[Si@@](C)(C(C)(C)C)c2ccccc2[Si@]1(C)C(C)(C)C. The van der Waals surface area contributed by atoms with Crippen molar-refractivity contribution in [2.45, 2.75) is 71.6 Å². The van der Waals surface area contributed by atoms with Crippen molar-refractivity contribution >= 4 is 31.7 Å². The predicted octanol–water partition coefficient (Wildman–Crippen LogP) is 6.42. The molecule has 2 aromatic carbocycles. The summed E-state index contributed by atoms with van der Waals surface area (Å²) < 4.78 is 0. The van der Waals surface area contributed by atoms with Gasteiger partial charge < -0.3 is 0 Å². The Morgan fingerprint density at radius 2 is 1.00 bits per heavy atom. The Labute approximate surface area is 168 Å². The van der Waals surface area contributed by atoms with Crippen molar-refractivity contribution < 1.29 is 0 Å². The molecule has 0 N–H and O–H groups in total. The molecule has 0 aliphatic carbocycles. The standard InChI is InChI=1S/C25H36Si2/c1-19-23(20-15-11-10-12-16-20)27(9,25(5,6)7)22-18-14-13-17-21(22)26(19,8)24(2,3)4/h10-18H,1-9H3/t26-,27+/m1/s1. The van der Waals surface area contributed by atoms with E-state index in [1.165, 1.54) is 5.56 Å². The third kappa shape index (κ3) is 2.75. The van der Waals surface area contributed by atoms with Crippen LogP contribution in [0.4, 0.5) is 0 Å². The molecule has 0 bridgehead atoms. The highest BCUT2D eigenvalue weighted by molar-refractivity contribution is 7.17. The first-order chi connectivity index (χ1) is 12.4. The zero-order valence-electron chi connectivity index (χ0n) is 18.7. The maximum absolute atomic E-state index is 2.62. The molecule has 1 heterocycles. The van der Waals surface area contributed by atoms with E-state index >= 15 is 0 Å². The highest BCUT2D eigenvalue weighted by Crippen LogP contribution is 2.52. The summed E-state index contributed by atoms with van der Waals surface area (Å²) in [5, 5.41) is 7.33. The normalized spacial score (nSPS) is 26.1. The molecule has 0 aromatic heterocycles. The van der Waals surface area contributed by atoms with E-state index in [1.54, 1.807) is 20.8 Å². The molecular formula is C25H36Si2. The number of rotatable bonds is 1. The first kappa shape index (κ1) is 20.4. The topological polar surface area (TPSA) is 0 Å². The first-order valence-corrected chi connectivity index (χ1v) is 15.2. The molecule has 0 spiro atoms. The lowest BCUT2D eigenvalue weighted by atomic mass is 10.2. The fraction of sp³-hybridized carbons (Fsp3) is 0.440. The van der Waals surface area contributed by atoms with E-state index in [0.29, 0.717) is 0 Å². The van der Waals surface area contributed by atoms with E-state index in [-0.39, 0.29) is 10.1 Å². The van der Waals surface area contributed by atoms with E-state index in [0.717, 1.165) is 0 Å². The summed E-state index contributed by atoms with van der Waals surface area (Å²) in [5.74, 6) is 0. The molecule has 0 radical (unpaired) electrons. The summed E-state index contributed by atoms with van der Waals surface area (Å²) in [6.45, 7) is 22.5. The van der Waals surface area contributed by atoms with Crippen molar-refractivity contribution in [1.82, 2.24) is 0 Å². The summed E-state index contributed by atoms with van der Waals surface area (Å²) in [6, 6.07) is 20.8. The number of hydrogen-bond acceptors (Lipinski definition) is 0. The molecule has 2 atom stereocenters. The fourth-order valence-electron chi connectivity index (χ4n) is 5.17. The smallest absolute Gasteiger partial charge is 0.0781 e. The molecule has 27 heavy (non-hydrogen) atoms. The summed E-state index contributed by atoms with van der Waals surface area (Å²) >= 11 is 0. The minimum absolute atomic E-state index is 0.253. The van der Waals surface area contributed by atoms with Crippen LogP contribution in [0.5, 0.6) is 0 Å². The Morgan fingerprint density at radius 3 is 1.44 bits per heavy atom. The van der Waals surface area contributed by atoms with Gasteiger partial charge in [0.2, 0.25) is 0 Å². The van der Waals surface area contributed by atoms with Gasteiger partial charge in [0.05, 0.1) is 0 Å². The van der Waals surface area contributed by atoms with Crippen molar-refractivity contribution in [3.8, 4) is 0 Å². The van der Waals surface area contributed by atoms with Crippen LogP contribution in [0.15, 0.2) is 59.8 Å². The Morgan fingerprint density at radius 1 is 0.593 bits per heavy atom. The Kier molecular flexibility index (Phi) is 4.76. The lowest BCUT2D eigenvalue weighted by Crippen LogP contribution is -2.71. The molecule has 0 nitrogen and oxygen atoms in total. The number of allylic oxidation sites excluding steroid dienone is 1. The Balaban J connectivity index is 2.53. The number of hydrogen-bond donors (Lipinski definition) is 0. The molecule has 0 saturated heterocycles. The molecule has 2 aromatic rings. The molecule has 144 valence electrons. The second-order valence-electron chi connectivity index (χ2n) is 10.7. The van der Waals surface area contributed by atoms with Gasteiger partial charge in [-0.2, -0.15) is 0 Å². The monoisotopic (exact) mass is 392 g/mol. The van der Waals surface area contributed by atoms with Gasteiger partial charge in [0, 0.05) is 0 Å². The molecule has 0 unspecified atom stereocenters. The third-order valence-electron chi connectivity index (χ3n) is 7.69. The van der Waals surface area contributed by atoms with E-state index < -0.39 is 16.1 Å². The average Bonchev–Trinajstić information content (AvgIpc) is 2.59. The van der Waals surface area contributed by atoms with Gasteiger partial charge in [0.1, 0.15) is 16.1 Å². The van der Waals surface area contributed by atoms with E-state index in [2.05, 4.69) is 116 Å². The first-order valence-electron chi connectivity index (χ1n) is 10.2. The van der Waals surface area contributed by atoms with Crippen LogP contribution in [0, 0.1) is 0 Å². The molecule has 2 heteroatoms. The summed E-state index contributed by atoms with van der Waals surface area (Å²) in [5.41, 5.74) is 1.46. The highest BCUT2D eigenvalue weighted by Gasteiger charge is 2.56. The maximum Gasteiger partial charge on any atom is 0.120 e. The van der Waals surface area contributed by atoms with Crippen LogP contribution in [-0.2, 0) is 0 Å². The van der Waals surface area contributed by atoms with Gasteiger partial charge >= 0.3 is 0 Å². The van der Waals surface area contributed by atoms with Gasteiger partial charge in [-0.05, 0) is 22.6 Å². The third-order valence-corrected chi connectivity index (χ3v) is 20.6.